The van der Waals surface area contributed by atoms with Crippen LogP contribution in [0.5, 0.6) is 0 Å². The summed E-state index contributed by atoms with van der Waals surface area (Å²) in [5, 5.41) is 0. The Hall–Kier alpha value is -1.55. The molecular formula is C19H28N2O2. The minimum absolute atomic E-state index is 0.0876. The lowest BCUT2D eigenvalue weighted by Gasteiger charge is -2.29. The van der Waals surface area contributed by atoms with E-state index < -0.39 is 0 Å². The Labute approximate surface area is 139 Å². The first-order valence-corrected chi connectivity index (χ1v) is 8.81. The van der Waals surface area contributed by atoms with E-state index >= 15 is 0 Å². The molecule has 0 bridgehead atoms. The van der Waals surface area contributed by atoms with E-state index in [1.807, 2.05) is 6.92 Å². The van der Waals surface area contributed by atoms with Crippen LogP contribution in [0, 0.1) is 6.92 Å². The van der Waals surface area contributed by atoms with E-state index in [-0.39, 0.29) is 5.97 Å². The molecule has 2 aliphatic rings. The Kier molecular flexibility index (Phi) is 4.90. The van der Waals surface area contributed by atoms with Crippen LogP contribution < -0.4 is 4.90 Å². The van der Waals surface area contributed by atoms with Crippen LogP contribution >= 0.6 is 0 Å². The number of aryl methyl sites for hydroxylation is 1. The van der Waals surface area contributed by atoms with Crippen molar-refractivity contribution < 1.29 is 9.53 Å². The van der Waals surface area contributed by atoms with Crippen molar-refractivity contribution >= 4 is 11.7 Å². The molecule has 0 spiro atoms. The third-order valence-electron chi connectivity index (χ3n) is 5.17. The van der Waals surface area contributed by atoms with Crippen LogP contribution in [0.1, 0.15) is 43.2 Å². The summed E-state index contributed by atoms with van der Waals surface area (Å²) in [5.74, 6) is 0.468. The Morgan fingerprint density at radius 3 is 3.00 bits per heavy atom. The van der Waals surface area contributed by atoms with Gasteiger partial charge in [0.1, 0.15) is 0 Å². The monoisotopic (exact) mass is 316 g/mol. The molecule has 1 saturated heterocycles. The number of likely N-dealkylation sites (N-methyl/N-ethyl adjacent to an activating group) is 1. The van der Waals surface area contributed by atoms with Crippen LogP contribution in [0.2, 0.25) is 0 Å². The standard InChI is InChI=1S/C19H28N2O2/c1-4-23-19(22)9-11-21-17-6-5-10-20(3)13-16(17)15-12-14(2)7-8-18(15)21/h7-8,12,16-17H,4-6,9-11,13H2,1-3H3/t16-,17-/m0/s1. The maximum atomic E-state index is 11.8. The van der Waals surface area contributed by atoms with Crippen LogP contribution in [0.25, 0.3) is 0 Å². The van der Waals surface area contributed by atoms with Gasteiger partial charge in [-0.25, -0.2) is 0 Å². The zero-order valence-electron chi connectivity index (χ0n) is 14.5. The number of benzene rings is 1. The van der Waals surface area contributed by atoms with E-state index in [9.17, 15) is 4.79 Å². The van der Waals surface area contributed by atoms with E-state index in [4.69, 9.17) is 4.74 Å². The highest BCUT2D eigenvalue weighted by molar-refractivity contribution is 5.71. The van der Waals surface area contributed by atoms with Crippen molar-refractivity contribution in [1.82, 2.24) is 4.90 Å². The molecule has 1 aromatic rings. The summed E-state index contributed by atoms with van der Waals surface area (Å²) in [7, 11) is 2.22. The number of hydrogen-bond donors (Lipinski definition) is 0. The Morgan fingerprint density at radius 1 is 1.39 bits per heavy atom. The second-order valence-electron chi connectivity index (χ2n) is 6.89. The number of anilines is 1. The van der Waals surface area contributed by atoms with Crippen molar-refractivity contribution in [2.45, 2.75) is 45.1 Å². The summed E-state index contributed by atoms with van der Waals surface area (Å²) < 4.78 is 5.11. The molecule has 2 atom stereocenters. The first kappa shape index (κ1) is 16.3. The summed E-state index contributed by atoms with van der Waals surface area (Å²) in [5.41, 5.74) is 4.11. The van der Waals surface area contributed by atoms with E-state index in [0.717, 1.165) is 13.1 Å². The average molecular weight is 316 g/mol. The lowest BCUT2D eigenvalue weighted by Crippen LogP contribution is -2.37. The third kappa shape index (κ3) is 3.37. The van der Waals surface area contributed by atoms with Crippen LogP contribution in [-0.4, -0.2) is 50.2 Å². The number of carbonyl (C=O) groups excluding carboxylic acids is 1. The Morgan fingerprint density at radius 2 is 2.22 bits per heavy atom. The summed E-state index contributed by atoms with van der Waals surface area (Å²) in [6.45, 7) is 7.53. The highest BCUT2D eigenvalue weighted by atomic mass is 16.5. The molecule has 0 N–H and O–H groups in total. The van der Waals surface area contributed by atoms with Gasteiger partial charge < -0.3 is 14.5 Å². The summed E-state index contributed by atoms with van der Waals surface area (Å²) in [6, 6.07) is 7.29. The molecule has 0 aliphatic carbocycles. The second kappa shape index (κ2) is 6.91. The number of esters is 1. The summed E-state index contributed by atoms with van der Waals surface area (Å²) in [4.78, 5) is 16.7. The van der Waals surface area contributed by atoms with Gasteiger partial charge in [-0.15, -0.1) is 0 Å². The van der Waals surface area contributed by atoms with Gasteiger partial charge in [0.05, 0.1) is 13.0 Å². The number of fused-ring (bicyclic) bond motifs is 3. The van der Waals surface area contributed by atoms with Crippen molar-refractivity contribution in [2.75, 3.05) is 38.2 Å². The van der Waals surface area contributed by atoms with Gasteiger partial charge in [0.15, 0.2) is 0 Å². The summed E-state index contributed by atoms with van der Waals surface area (Å²) in [6.07, 6.45) is 2.90. The van der Waals surface area contributed by atoms with Crippen molar-refractivity contribution in [3.8, 4) is 0 Å². The molecule has 0 amide bonds. The smallest absolute Gasteiger partial charge is 0.307 e. The van der Waals surface area contributed by atoms with Crippen LogP contribution in [-0.2, 0) is 9.53 Å². The van der Waals surface area contributed by atoms with Gasteiger partial charge in [-0.2, -0.15) is 0 Å². The molecule has 1 fully saturated rings. The number of rotatable bonds is 4. The lowest BCUT2D eigenvalue weighted by molar-refractivity contribution is -0.142. The third-order valence-corrected chi connectivity index (χ3v) is 5.17. The fourth-order valence-corrected chi connectivity index (χ4v) is 4.14. The van der Waals surface area contributed by atoms with Crippen molar-refractivity contribution in [1.29, 1.82) is 0 Å². The maximum Gasteiger partial charge on any atom is 0.307 e. The van der Waals surface area contributed by atoms with Crippen molar-refractivity contribution in [2.24, 2.45) is 0 Å². The quantitative estimate of drug-likeness (QED) is 0.800. The van der Waals surface area contributed by atoms with Gasteiger partial charge in [-0.1, -0.05) is 17.7 Å². The van der Waals surface area contributed by atoms with Gasteiger partial charge in [-0.05, 0) is 51.9 Å². The highest BCUT2D eigenvalue weighted by Gasteiger charge is 2.39. The number of carbonyl (C=O) groups is 1. The van der Waals surface area contributed by atoms with E-state index in [1.54, 1.807) is 0 Å². The average Bonchev–Trinajstić information content (AvgIpc) is 2.66. The zero-order valence-corrected chi connectivity index (χ0v) is 14.5. The number of nitrogens with zero attached hydrogens (tertiary/aromatic N) is 2. The maximum absolute atomic E-state index is 11.8. The van der Waals surface area contributed by atoms with Gasteiger partial charge in [0.25, 0.3) is 0 Å². The molecule has 0 saturated carbocycles. The minimum Gasteiger partial charge on any atom is -0.466 e. The van der Waals surface area contributed by atoms with Crippen LogP contribution in [0.15, 0.2) is 18.2 Å². The number of ether oxygens (including phenoxy) is 1. The Balaban J connectivity index is 1.85. The predicted octanol–water partition coefficient (Wildman–Crippen LogP) is 2.95. The molecule has 23 heavy (non-hydrogen) atoms. The van der Waals surface area contributed by atoms with Crippen molar-refractivity contribution in [3.05, 3.63) is 29.3 Å². The molecule has 0 radical (unpaired) electrons. The molecular weight excluding hydrogens is 288 g/mol. The largest absolute Gasteiger partial charge is 0.466 e. The topological polar surface area (TPSA) is 32.8 Å². The molecule has 2 aliphatic heterocycles. The number of hydrogen-bond acceptors (Lipinski definition) is 4. The zero-order chi connectivity index (χ0) is 16.4. The summed E-state index contributed by atoms with van der Waals surface area (Å²) >= 11 is 0. The normalized spacial score (nSPS) is 24.0. The van der Waals surface area contributed by atoms with E-state index in [2.05, 4.69) is 42.0 Å². The molecule has 2 heterocycles. The lowest BCUT2D eigenvalue weighted by atomic mass is 9.92. The van der Waals surface area contributed by atoms with E-state index in [1.165, 1.54) is 36.2 Å². The minimum atomic E-state index is -0.0876. The molecule has 1 aromatic carbocycles. The predicted molar refractivity (Wildman–Crippen MR) is 93.0 cm³/mol. The molecule has 3 rings (SSSR count). The first-order chi connectivity index (χ1) is 11.1. The Bertz CT molecular complexity index is 572. The SMILES string of the molecule is CCOC(=O)CCN1c2ccc(C)cc2[C@@H]2CN(C)CCC[C@@H]21. The fourth-order valence-electron chi connectivity index (χ4n) is 4.14. The van der Waals surface area contributed by atoms with Crippen LogP contribution in [0.4, 0.5) is 5.69 Å². The molecule has 4 heteroatoms. The van der Waals surface area contributed by atoms with E-state index in [0.29, 0.717) is 25.0 Å². The molecule has 4 nitrogen and oxygen atoms in total. The molecule has 0 unspecified atom stereocenters. The molecule has 126 valence electrons. The van der Waals surface area contributed by atoms with Gasteiger partial charge in [-0.3, -0.25) is 4.79 Å². The molecule has 0 aromatic heterocycles. The van der Waals surface area contributed by atoms with Gasteiger partial charge >= 0.3 is 5.97 Å². The van der Waals surface area contributed by atoms with Crippen LogP contribution in [0.3, 0.4) is 0 Å². The first-order valence-electron chi connectivity index (χ1n) is 8.81. The van der Waals surface area contributed by atoms with Crippen molar-refractivity contribution in [3.63, 3.8) is 0 Å². The highest BCUT2D eigenvalue weighted by Crippen LogP contribution is 2.44. The number of likely N-dealkylation sites (tertiary alicyclic amines) is 1. The fraction of sp³-hybridized carbons (Fsp3) is 0.632. The second-order valence-corrected chi connectivity index (χ2v) is 6.89. The van der Waals surface area contributed by atoms with Gasteiger partial charge in [0, 0.05) is 30.7 Å². The van der Waals surface area contributed by atoms with Gasteiger partial charge in [0.2, 0.25) is 0 Å².